The minimum atomic E-state index is 0.374. The molecule has 0 saturated carbocycles. The molecule has 0 N–H and O–H groups in total. The Bertz CT molecular complexity index is 4510. The number of hydrogen-bond acceptors (Lipinski definition) is 6. The van der Waals surface area contributed by atoms with Crippen molar-refractivity contribution in [1.82, 2.24) is 9.13 Å². The summed E-state index contributed by atoms with van der Waals surface area (Å²) in [6.07, 6.45) is 0. The topological polar surface area (TPSA) is 90.2 Å². The highest BCUT2D eigenvalue weighted by molar-refractivity contribution is 6.27. The van der Waals surface area contributed by atoms with Crippen LogP contribution in [0.1, 0.15) is 11.1 Å². The smallest absolute Gasteiger partial charge is 0.145 e. The third kappa shape index (κ3) is 6.29. The van der Waals surface area contributed by atoms with Crippen molar-refractivity contribution >= 4 is 122 Å². The molecule has 4 aromatic heterocycles. The summed E-state index contributed by atoms with van der Waals surface area (Å²) in [6.45, 7) is 0. The Kier molecular flexibility index (Phi) is 9.52. The van der Waals surface area contributed by atoms with E-state index in [1.165, 1.54) is 0 Å². The minimum Gasteiger partial charge on any atom is -0.455 e. The van der Waals surface area contributed by atoms with E-state index in [4.69, 9.17) is 8.83 Å². The second-order valence-electron chi connectivity index (χ2n) is 19.0. The van der Waals surface area contributed by atoms with Crippen LogP contribution in [0.25, 0.3) is 98.9 Å². The van der Waals surface area contributed by atoms with E-state index in [0.29, 0.717) is 22.5 Å². The van der Waals surface area contributed by atoms with Crippen LogP contribution < -0.4 is 9.80 Å². The van der Waals surface area contributed by atoms with Gasteiger partial charge in [-0.2, -0.15) is 10.5 Å². The first kappa shape index (κ1) is 42.8. The van der Waals surface area contributed by atoms with Gasteiger partial charge in [-0.1, -0.05) is 133 Å². The molecule has 0 atom stereocenters. The Balaban J connectivity index is 1.07. The fraction of sp³-hybridized carbons (Fsp3) is 0. The molecule has 0 spiro atoms. The highest BCUT2D eigenvalue weighted by atomic mass is 16.3. The number of furan rings is 2. The van der Waals surface area contributed by atoms with Crippen LogP contribution in [-0.4, -0.2) is 9.13 Å². The van der Waals surface area contributed by atoms with Crippen molar-refractivity contribution in [2.24, 2.45) is 0 Å². The van der Waals surface area contributed by atoms with E-state index in [2.05, 4.69) is 152 Å². The van der Waals surface area contributed by atoms with E-state index < -0.39 is 0 Å². The molecule has 0 aliphatic carbocycles. The third-order valence-corrected chi connectivity index (χ3v) is 14.9. The summed E-state index contributed by atoms with van der Waals surface area (Å²) in [5, 5.41) is 31.2. The van der Waals surface area contributed by atoms with Crippen LogP contribution in [-0.2, 0) is 0 Å². The Labute approximate surface area is 435 Å². The van der Waals surface area contributed by atoms with E-state index in [-0.39, 0.29) is 0 Å². The van der Waals surface area contributed by atoms with Gasteiger partial charge in [-0.05, 0) is 109 Å². The second-order valence-corrected chi connectivity index (χ2v) is 19.0. The van der Waals surface area contributed by atoms with Crippen LogP contribution in [0.3, 0.4) is 0 Å². The molecule has 8 nitrogen and oxygen atoms in total. The summed E-state index contributed by atoms with van der Waals surface area (Å²) in [6, 6.07) is 87.8. The molecule has 0 radical (unpaired) electrons. The van der Waals surface area contributed by atoms with Crippen LogP contribution in [0.5, 0.6) is 0 Å². The molecule has 0 fully saturated rings. The molecule has 15 aromatic rings. The van der Waals surface area contributed by atoms with Crippen LogP contribution >= 0.6 is 0 Å². The standard InChI is InChI=1S/C68H40N6O2/c69-41-43-40-60(74-56-38-36-52-50-28-14-16-34-62(50)76-68(52)64(56)54-30-18-32-58(66(54)74)72(47-23-9-3-10-24-47)48-25-11-4-12-26-48)44(42-70)39-59(43)73-55-37-35-51-49-27-13-15-33-61(49)75-67(51)63(55)53-29-17-31-57(65(53)73)71(45-19-5-1-6-20-45)46-21-7-2-8-22-46/h1-40H. The number of anilines is 6. The van der Waals surface area contributed by atoms with E-state index >= 15 is 0 Å². The van der Waals surface area contributed by atoms with Crippen molar-refractivity contribution in [3.05, 3.63) is 254 Å². The molecule has 0 aliphatic rings. The quantitative estimate of drug-likeness (QED) is 0.151. The first-order valence-corrected chi connectivity index (χ1v) is 25.2. The van der Waals surface area contributed by atoms with Gasteiger partial charge in [-0.15, -0.1) is 0 Å². The zero-order valence-corrected chi connectivity index (χ0v) is 40.6. The number of fused-ring (bicyclic) bond motifs is 14. The molecule has 0 amide bonds. The number of para-hydroxylation sites is 8. The maximum absolute atomic E-state index is 11.7. The number of benzene rings is 11. The highest BCUT2D eigenvalue weighted by Crippen LogP contribution is 2.50. The van der Waals surface area contributed by atoms with Crippen LogP contribution in [0, 0.1) is 22.7 Å². The van der Waals surface area contributed by atoms with Gasteiger partial charge in [-0.25, -0.2) is 0 Å². The molecular weight excluding hydrogens is 933 g/mol. The van der Waals surface area contributed by atoms with Gasteiger partial charge in [-0.3, -0.25) is 0 Å². The predicted octanol–water partition coefficient (Wildman–Crippen LogP) is 18.4. The fourth-order valence-corrected chi connectivity index (χ4v) is 11.8. The molecular formula is C68H40N6O2. The molecule has 15 rings (SSSR count). The summed E-state index contributed by atoms with van der Waals surface area (Å²) in [4.78, 5) is 4.51. The molecule has 354 valence electrons. The van der Waals surface area contributed by atoms with E-state index in [1.54, 1.807) is 0 Å². The molecule has 0 bridgehead atoms. The van der Waals surface area contributed by atoms with Gasteiger partial charge >= 0.3 is 0 Å². The number of nitrogens with zero attached hydrogens (tertiary/aromatic N) is 6. The molecule has 11 aromatic carbocycles. The molecule has 76 heavy (non-hydrogen) atoms. The van der Waals surface area contributed by atoms with Crippen LogP contribution in [0.15, 0.2) is 251 Å². The predicted molar refractivity (Wildman–Crippen MR) is 308 cm³/mol. The monoisotopic (exact) mass is 972 g/mol. The zero-order chi connectivity index (χ0) is 50.4. The van der Waals surface area contributed by atoms with Gasteiger partial charge in [0.25, 0.3) is 0 Å². The molecule has 4 heterocycles. The van der Waals surface area contributed by atoms with Crippen molar-refractivity contribution in [3.63, 3.8) is 0 Å². The lowest BCUT2D eigenvalue weighted by molar-refractivity contribution is 0.672. The SMILES string of the molecule is N#Cc1cc(-n2c3ccc4c5ccccc5oc4c3c3cccc(N(c4ccccc4)c4ccccc4)c32)c(C#N)cc1-n1c2ccc3c4ccccc4oc3c2c2cccc(N(c3ccccc3)c3ccccc3)c21. The molecule has 0 saturated heterocycles. The van der Waals surface area contributed by atoms with Crippen molar-refractivity contribution in [2.45, 2.75) is 0 Å². The van der Waals surface area contributed by atoms with Crippen molar-refractivity contribution < 1.29 is 8.83 Å². The Morgan fingerprint density at radius 1 is 0.329 bits per heavy atom. The molecule has 0 aliphatic heterocycles. The maximum atomic E-state index is 11.7. The van der Waals surface area contributed by atoms with E-state index in [1.807, 2.05) is 121 Å². The summed E-state index contributed by atoms with van der Waals surface area (Å²) in [7, 11) is 0. The number of rotatable bonds is 8. The van der Waals surface area contributed by atoms with Gasteiger partial charge in [0, 0.05) is 55.1 Å². The van der Waals surface area contributed by atoms with Crippen LogP contribution in [0.4, 0.5) is 34.1 Å². The van der Waals surface area contributed by atoms with Crippen molar-refractivity contribution in [3.8, 4) is 23.5 Å². The summed E-state index contributed by atoms with van der Waals surface area (Å²) < 4.78 is 18.0. The number of nitriles is 2. The Morgan fingerprint density at radius 3 is 1.04 bits per heavy atom. The largest absolute Gasteiger partial charge is 0.455 e. The summed E-state index contributed by atoms with van der Waals surface area (Å²) in [5.74, 6) is 0. The van der Waals surface area contributed by atoms with Gasteiger partial charge in [0.05, 0.1) is 66.7 Å². The summed E-state index contributed by atoms with van der Waals surface area (Å²) >= 11 is 0. The lowest BCUT2D eigenvalue weighted by Gasteiger charge is -2.27. The van der Waals surface area contributed by atoms with E-state index in [9.17, 15) is 10.5 Å². The van der Waals surface area contributed by atoms with Gasteiger partial charge in [0.2, 0.25) is 0 Å². The van der Waals surface area contributed by atoms with Gasteiger partial charge < -0.3 is 27.8 Å². The minimum absolute atomic E-state index is 0.374. The van der Waals surface area contributed by atoms with Crippen molar-refractivity contribution in [2.75, 3.05) is 9.80 Å². The second kappa shape index (κ2) is 16.9. The Morgan fingerprint density at radius 2 is 0.671 bits per heavy atom. The van der Waals surface area contributed by atoms with Crippen molar-refractivity contribution in [1.29, 1.82) is 10.5 Å². The molecule has 8 heteroatoms. The number of hydrogen-bond donors (Lipinski definition) is 0. The average Bonchev–Trinajstić information content (AvgIpc) is 4.28. The van der Waals surface area contributed by atoms with Gasteiger partial charge in [0.15, 0.2) is 0 Å². The fourth-order valence-electron chi connectivity index (χ4n) is 11.8. The molecule has 0 unspecified atom stereocenters. The maximum Gasteiger partial charge on any atom is 0.145 e. The number of aromatic nitrogens is 2. The first-order chi connectivity index (χ1) is 37.7. The zero-order valence-electron chi connectivity index (χ0n) is 40.6. The van der Waals surface area contributed by atoms with Crippen LogP contribution in [0.2, 0.25) is 0 Å². The first-order valence-electron chi connectivity index (χ1n) is 25.2. The third-order valence-electron chi connectivity index (χ3n) is 14.9. The lowest BCUT2D eigenvalue weighted by Crippen LogP contribution is -2.12. The Hall–Kier alpha value is -10.8. The summed E-state index contributed by atoms with van der Waals surface area (Å²) in [5.41, 5.74) is 13.9. The van der Waals surface area contributed by atoms with Gasteiger partial charge in [0.1, 0.15) is 34.5 Å². The lowest BCUT2D eigenvalue weighted by atomic mass is 10.1. The highest BCUT2D eigenvalue weighted by Gasteiger charge is 2.29. The normalized spacial score (nSPS) is 11.7. The van der Waals surface area contributed by atoms with E-state index in [0.717, 1.165) is 122 Å². The average molecular weight is 973 g/mol.